The molecule has 4 aromatic rings. The number of fused-ring (bicyclic) bond motifs is 1. The van der Waals surface area contributed by atoms with Crippen LogP contribution in [0.1, 0.15) is 16.2 Å². The summed E-state index contributed by atoms with van der Waals surface area (Å²) < 4.78 is 14.5. The first kappa shape index (κ1) is 16.6. The Morgan fingerprint density at radius 2 is 1.85 bits per heavy atom. The Hall–Kier alpha value is -3.81. The Kier molecular flexibility index (Phi) is 4.21. The topological polar surface area (TPSA) is 92.7 Å². The molecule has 0 radical (unpaired) electrons. The van der Waals surface area contributed by atoms with E-state index in [1.54, 1.807) is 4.68 Å². The molecule has 2 aromatic carbocycles. The molecule has 0 aliphatic rings. The fourth-order valence-corrected chi connectivity index (χ4v) is 2.67. The Balaban J connectivity index is 1.62. The molecule has 0 unspecified atom stereocenters. The molecule has 2 heterocycles. The van der Waals surface area contributed by atoms with Crippen LogP contribution >= 0.6 is 0 Å². The van der Waals surface area contributed by atoms with Gasteiger partial charge in [-0.3, -0.25) is 9.59 Å². The van der Waals surface area contributed by atoms with E-state index < -0.39 is 11.7 Å². The van der Waals surface area contributed by atoms with Crippen molar-refractivity contribution in [2.75, 3.05) is 0 Å². The molecule has 2 aromatic heterocycles. The van der Waals surface area contributed by atoms with Gasteiger partial charge in [0.15, 0.2) is 5.65 Å². The lowest BCUT2D eigenvalue weighted by molar-refractivity contribution is 0.0950. The first-order chi connectivity index (χ1) is 13.1. The maximum absolute atomic E-state index is 13.0. The molecule has 27 heavy (non-hydrogen) atoms. The highest BCUT2D eigenvalue weighted by molar-refractivity contribution is 5.94. The van der Waals surface area contributed by atoms with Gasteiger partial charge in [-0.05, 0) is 36.4 Å². The van der Waals surface area contributed by atoms with E-state index in [2.05, 4.69) is 20.4 Å². The van der Waals surface area contributed by atoms with E-state index in [0.717, 1.165) is 5.69 Å². The largest absolute Gasteiger partial charge is 0.345 e. The first-order valence-electron chi connectivity index (χ1n) is 8.18. The SMILES string of the molecule is O=C(NCc1nc2c(cnn2-c2ccccc2)c(=O)[nH]1)c1ccc(F)cc1. The number of nitrogens with zero attached hydrogens (tertiary/aromatic N) is 3. The number of amides is 1. The maximum atomic E-state index is 13.0. The summed E-state index contributed by atoms with van der Waals surface area (Å²) >= 11 is 0. The molecule has 7 nitrogen and oxygen atoms in total. The average Bonchev–Trinajstić information content (AvgIpc) is 3.12. The van der Waals surface area contributed by atoms with Gasteiger partial charge in [-0.1, -0.05) is 18.2 Å². The van der Waals surface area contributed by atoms with E-state index in [1.165, 1.54) is 30.5 Å². The number of carbonyl (C=O) groups is 1. The molecule has 0 spiro atoms. The minimum absolute atomic E-state index is 0.0152. The van der Waals surface area contributed by atoms with Crippen LogP contribution in [0, 0.1) is 5.82 Å². The zero-order chi connectivity index (χ0) is 18.8. The van der Waals surface area contributed by atoms with Crippen molar-refractivity contribution in [1.82, 2.24) is 25.1 Å². The van der Waals surface area contributed by atoms with Crippen LogP contribution in [0.25, 0.3) is 16.7 Å². The van der Waals surface area contributed by atoms with Crippen molar-refractivity contribution >= 4 is 16.9 Å². The van der Waals surface area contributed by atoms with Gasteiger partial charge in [0, 0.05) is 5.56 Å². The number of aromatic amines is 1. The quantitative estimate of drug-likeness (QED) is 0.581. The molecular formula is C19H14FN5O2. The normalized spacial score (nSPS) is 10.9. The average molecular weight is 363 g/mol. The van der Waals surface area contributed by atoms with Crippen LogP contribution in [0.15, 0.2) is 65.6 Å². The van der Waals surface area contributed by atoms with Crippen molar-refractivity contribution < 1.29 is 9.18 Å². The smallest absolute Gasteiger partial charge is 0.262 e. The third-order valence-corrected chi connectivity index (χ3v) is 4.01. The second-order valence-electron chi connectivity index (χ2n) is 5.83. The van der Waals surface area contributed by atoms with Crippen molar-refractivity contribution in [3.05, 3.63) is 88.4 Å². The van der Waals surface area contributed by atoms with Crippen molar-refractivity contribution in [2.45, 2.75) is 6.54 Å². The highest BCUT2D eigenvalue weighted by atomic mass is 19.1. The van der Waals surface area contributed by atoms with Crippen LogP contribution in [-0.2, 0) is 6.54 Å². The fraction of sp³-hybridized carbons (Fsp3) is 0.0526. The minimum atomic E-state index is -0.419. The molecule has 0 aliphatic carbocycles. The number of nitrogens with one attached hydrogen (secondary N) is 2. The van der Waals surface area contributed by atoms with Gasteiger partial charge in [0.1, 0.15) is 17.0 Å². The van der Waals surface area contributed by atoms with Gasteiger partial charge in [-0.2, -0.15) is 5.10 Å². The molecular weight excluding hydrogens is 349 g/mol. The summed E-state index contributed by atoms with van der Waals surface area (Å²) in [6, 6.07) is 14.5. The first-order valence-corrected chi connectivity index (χ1v) is 8.18. The Morgan fingerprint density at radius 1 is 1.11 bits per heavy atom. The van der Waals surface area contributed by atoms with Gasteiger partial charge in [-0.15, -0.1) is 0 Å². The van der Waals surface area contributed by atoms with Crippen molar-refractivity contribution in [1.29, 1.82) is 0 Å². The summed E-state index contributed by atoms with van der Waals surface area (Å²) in [6.45, 7) is 0.0152. The molecule has 4 rings (SSSR count). The van der Waals surface area contributed by atoms with Gasteiger partial charge in [-0.25, -0.2) is 14.1 Å². The van der Waals surface area contributed by atoms with Crippen LogP contribution in [0.4, 0.5) is 4.39 Å². The Morgan fingerprint density at radius 3 is 2.59 bits per heavy atom. The molecule has 0 bridgehead atoms. The number of aromatic nitrogens is 4. The third-order valence-electron chi connectivity index (χ3n) is 4.01. The summed E-state index contributed by atoms with van der Waals surface area (Å²) in [5.41, 5.74) is 1.14. The predicted octanol–water partition coefficient (Wildman–Crippen LogP) is 2.18. The van der Waals surface area contributed by atoms with Crippen molar-refractivity contribution in [3.63, 3.8) is 0 Å². The molecule has 8 heteroatoms. The molecule has 0 fully saturated rings. The van der Waals surface area contributed by atoms with Gasteiger partial charge in [0.25, 0.3) is 11.5 Å². The summed E-state index contributed by atoms with van der Waals surface area (Å²) in [7, 11) is 0. The van der Waals surface area contributed by atoms with Crippen LogP contribution < -0.4 is 10.9 Å². The van der Waals surface area contributed by atoms with Gasteiger partial charge >= 0.3 is 0 Å². The highest BCUT2D eigenvalue weighted by Crippen LogP contribution is 2.13. The van der Waals surface area contributed by atoms with Gasteiger partial charge < -0.3 is 10.3 Å². The van der Waals surface area contributed by atoms with Gasteiger partial charge in [0.2, 0.25) is 0 Å². The van der Waals surface area contributed by atoms with E-state index in [9.17, 15) is 14.0 Å². The molecule has 134 valence electrons. The van der Waals surface area contributed by atoms with Gasteiger partial charge in [0.05, 0.1) is 18.4 Å². The number of halogens is 1. The molecule has 0 saturated carbocycles. The number of hydrogen-bond donors (Lipinski definition) is 2. The Labute approximate surface area is 152 Å². The molecule has 0 atom stereocenters. The summed E-state index contributed by atoms with van der Waals surface area (Å²) in [5, 5.41) is 7.24. The lowest BCUT2D eigenvalue weighted by Gasteiger charge is -2.06. The third kappa shape index (κ3) is 3.32. The second-order valence-corrected chi connectivity index (χ2v) is 5.83. The molecule has 0 aliphatic heterocycles. The van der Waals surface area contributed by atoms with Crippen molar-refractivity contribution in [3.8, 4) is 5.69 Å². The number of para-hydroxylation sites is 1. The lowest BCUT2D eigenvalue weighted by atomic mass is 10.2. The number of rotatable bonds is 4. The molecule has 2 N–H and O–H groups in total. The van der Waals surface area contributed by atoms with Crippen molar-refractivity contribution in [2.24, 2.45) is 0 Å². The lowest BCUT2D eigenvalue weighted by Crippen LogP contribution is -2.25. The zero-order valence-corrected chi connectivity index (χ0v) is 14.0. The molecule has 1 amide bonds. The summed E-state index contributed by atoms with van der Waals surface area (Å²) in [5.74, 6) is -0.521. The zero-order valence-electron chi connectivity index (χ0n) is 14.0. The predicted molar refractivity (Wildman–Crippen MR) is 97.1 cm³/mol. The monoisotopic (exact) mass is 363 g/mol. The Bertz CT molecular complexity index is 1170. The van der Waals surface area contributed by atoms with E-state index >= 15 is 0 Å². The fourth-order valence-electron chi connectivity index (χ4n) is 2.67. The summed E-state index contributed by atoms with van der Waals surface area (Å²) in [6.07, 6.45) is 1.45. The number of hydrogen-bond acceptors (Lipinski definition) is 4. The van der Waals surface area contributed by atoms with Crippen LogP contribution in [0.5, 0.6) is 0 Å². The number of benzene rings is 2. The van der Waals surface area contributed by atoms with Crippen LogP contribution in [0.3, 0.4) is 0 Å². The standard InChI is InChI=1S/C19H14FN5O2/c20-13-8-6-12(7-9-13)18(26)21-11-16-23-17-15(19(27)24-16)10-22-25(17)14-4-2-1-3-5-14/h1-10H,11H2,(H,21,26)(H,23,24,27). The number of carbonyl (C=O) groups excluding carboxylic acids is 1. The van der Waals surface area contributed by atoms with Crippen LogP contribution in [0.2, 0.25) is 0 Å². The maximum Gasteiger partial charge on any atom is 0.262 e. The highest BCUT2D eigenvalue weighted by Gasteiger charge is 2.12. The van der Waals surface area contributed by atoms with Crippen LogP contribution in [-0.4, -0.2) is 25.7 Å². The van der Waals surface area contributed by atoms with E-state index in [0.29, 0.717) is 22.4 Å². The second kappa shape index (κ2) is 6.83. The minimum Gasteiger partial charge on any atom is -0.345 e. The number of H-pyrrole nitrogens is 1. The van der Waals surface area contributed by atoms with E-state index in [-0.39, 0.29) is 12.1 Å². The summed E-state index contributed by atoms with van der Waals surface area (Å²) in [4.78, 5) is 31.5. The van der Waals surface area contributed by atoms with E-state index in [4.69, 9.17) is 0 Å². The van der Waals surface area contributed by atoms with E-state index in [1.807, 2.05) is 30.3 Å². The molecule has 0 saturated heterocycles.